The molecule has 0 spiro atoms. The van der Waals surface area contributed by atoms with E-state index in [1.54, 1.807) is 11.8 Å². The van der Waals surface area contributed by atoms with E-state index in [4.69, 9.17) is 4.74 Å². The minimum Gasteiger partial charge on any atom is -0.491 e. The standard InChI is InChI=1S/C20H25NO2S/c1-15-4-7-18(8-5-15)24-13-10-20(22)21-11-12-23-19-9-6-16(2)14-17(19)3/h4-9,14H,10-13H2,1-3H3,(H,21,22). The van der Waals surface area contributed by atoms with Gasteiger partial charge in [-0.3, -0.25) is 4.79 Å². The lowest BCUT2D eigenvalue weighted by Gasteiger charge is -2.10. The molecule has 0 bridgehead atoms. The van der Waals surface area contributed by atoms with Crippen LogP contribution in [0.2, 0.25) is 0 Å². The van der Waals surface area contributed by atoms with Crippen LogP contribution in [0.15, 0.2) is 47.4 Å². The summed E-state index contributed by atoms with van der Waals surface area (Å²) in [5, 5.41) is 2.90. The number of carbonyl (C=O) groups excluding carboxylic acids is 1. The van der Waals surface area contributed by atoms with Gasteiger partial charge in [0.15, 0.2) is 0 Å². The van der Waals surface area contributed by atoms with E-state index in [9.17, 15) is 4.79 Å². The van der Waals surface area contributed by atoms with Crippen LogP contribution in [0.25, 0.3) is 0 Å². The van der Waals surface area contributed by atoms with Gasteiger partial charge in [-0.2, -0.15) is 0 Å². The summed E-state index contributed by atoms with van der Waals surface area (Å²) in [7, 11) is 0. The Morgan fingerprint density at radius 3 is 2.46 bits per heavy atom. The van der Waals surface area contributed by atoms with Crippen molar-refractivity contribution in [3.05, 3.63) is 59.2 Å². The summed E-state index contributed by atoms with van der Waals surface area (Å²) in [5.41, 5.74) is 3.59. The molecule has 2 rings (SSSR count). The number of hydrogen-bond acceptors (Lipinski definition) is 3. The minimum atomic E-state index is 0.0684. The number of nitrogens with one attached hydrogen (secondary N) is 1. The van der Waals surface area contributed by atoms with E-state index < -0.39 is 0 Å². The number of ether oxygens (including phenoxy) is 1. The Hall–Kier alpha value is -1.94. The van der Waals surface area contributed by atoms with E-state index in [0.717, 1.165) is 17.1 Å². The van der Waals surface area contributed by atoms with E-state index >= 15 is 0 Å². The van der Waals surface area contributed by atoms with Gasteiger partial charge >= 0.3 is 0 Å². The Morgan fingerprint density at radius 1 is 1.04 bits per heavy atom. The summed E-state index contributed by atoms with van der Waals surface area (Å²) in [5.74, 6) is 1.73. The van der Waals surface area contributed by atoms with Gasteiger partial charge in [0.25, 0.3) is 0 Å². The summed E-state index contributed by atoms with van der Waals surface area (Å²) < 4.78 is 5.71. The lowest BCUT2D eigenvalue weighted by molar-refractivity contribution is -0.120. The van der Waals surface area contributed by atoms with Gasteiger partial charge in [-0.25, -0.2) is 0 Å². The lowest BCUT2D eigenvalue weighted by atomic mass is 10.1. The summed E-state index contributed by atoms with van der Waals surface area (Å²) in [6.45, 7) is 7.18. The molecular formula is C20H25NO2S. The highest BCUT2D eigenvalue weighted by molar-refractivity contribution is 7.99. The number of benzene rings is 2. The SMILES string of the molecule is Cc1ccc(SCCC(=O)NCCOc2ccc(C)cc2C)cc1. The fraction of sp³-hybridized carbons (Fsp3) is 0.350. The second kappa shape index (κ2) is 9.38. The van der Waals surface area contributed by atoms with Crippen LogP contribution in [0.4, 0.5) is 0 Å². The molecule has 0 aromatic heterocycles. The molecule has 0 aliphatic heterocycles. The largest absolute Gasteiger partial charge is 0.491 e. The summed E-state index contributed by atoms with van der Waals surface area (Å²) in [6.07, 6.45) is 0.516. The summed E-state index contributed by atoms with van der Waals surface area (Å²) in [4.78, 5) is 13.0. The number of thioether (sulfide) groups is 1. The molecule has 1 N–H and O–H groups in total. The molecule has 0 saturated heterocycles. The Kier molecular flexibility index (Phi) is 7.19. The first-order valence-electron chi connectivity index (χ1n) is 8.21. The van der Waals surface area contributed by atoms with Gasteiger partial charge in [0.2, 0.25) is 5.91 Å². The van der Waals surface area contributed by atoms with Crippen molar-refractivity contribution in [1.82, 2.24) is 5.32 Å². The quantitative estimate of drug-likeness (QED) is 0.574. The normalized spacial score (nSPS) is 10.5. The fourth-order valence-electron chi connectivity index (χ4n) is 2.30. The topological polar surface area (TPSA) is 38.3 Å². The van der Waals surface area contributed by atoms with Crippen molar-refractivity contribution in [2.45, 2.75) is 32.1 Å². The Balaban J connectivity index is 1.60. The summed E-state index contributed by atoms with van der Waals surface area (Å²) in [6, 6.07) is 14.5. The third-order valence-corrected chi connectivity index (χ3v) is 4.64. The zero-order valence-corrected chi connectivity index (χ0v) is 15.4. The second-order valence-electron chi connectivity index (χ2n) is 5.88. The molecule has 2 aromatic rings. The fourth-order valence-corrected chi connectivity index (χ4v) is 3.15. The maximum atomic E-state index is 11.8. The maximum absolute atomic E-state index is 11.8. The van der Waals surface area contributed by atoms with Crippen molar-refractivity contribution in [1.29, 1.82) is 0 Å². The molecule has 0 fully saturated rings. The highest BCUT2D eigenvalue weighted by Gasteiger charge is 2.03. The van der Waals surface area contributed by atoms with Gasteiger partial charge in [0.05, 0.1) is 6.54 Å². The van der Waals surface area contributed by atoms with E-state index in [1.807, 2.05) is 19.1 Å². The lowest BCUT2D eigenvalue weighted by Crippen LogP contribution is -2.28. The molecular weight excluding hydrogens is 318 g/mol. The van der Waals surface area contributed by atoms with E-state index in [-0.39, 0.29) is 5.91 Å². The predicted molar refractivity (Wildman–Crippen MR) is 101 cm³/mol. The number of aryl methyl sites for hydroxylation is 3. The number of rotatable bonds is 8. The Labute approximate surface area is 148 Å². The molecule has 24 heavy (non-hydrogen) atoms. The van der Waals surface area contributed by atoms with Crippen molar-refractivity contribution in [2.75, 3.05) is 18.9 Å². The minimum absolute atomic E-state index is 0.0684. The van der Waals surface area contributed by atoms with Crippen LogP contribution in [0.1, 0.15) is 23.1 Å². The highest BCUT2D eigenvalue weighted by atomic mass is 32.2. The number of amides is 1. The zero-order valence-electron chi connectivity index (χ0n) is 14.6. The van der Waals surface area contributed by atoms with Gasteiger partial charge < -0.3 is 10.1 Å². The van der Waals surface area contributed by atoms with Crippen LogP contribution in [0.3, 0.4) is 0 Å². The van der Waals surface area contributed by atoms with Crippen LogP contribution in [0, 0.1) is 20.8 Å². The van der Waals surface area contributed by atoms with Crippen LogP contribution in [0.5, 0.6) is 5.75 Å². The first-order valence-corrected chi connectivity index (χ1v) is 9.19. The first-order chi connectivity index (χ1) is 11.5. The molecule has 3 nitrogen and oxygen atoms in total. The zero-order chi connectivity index (χ0) is 17.4. The van der Waals surface area contributed by atoms with Gasteiger partial charge in [0, 0.05) is 17.1 Å². The maximum Gasteiger partial charge on any atom is 0.220 e. The van der Waals surface area contributed by atoms with Crippen molar-refractivity contribution >= 4 is 17.7 Å². The molecule has 0 aliphatic rings. The molecule has 4 heteroatoms. The van der Waals surface area contributed by atoms with Crippen LogP contribution in [-0.2, 0) is 4.79 Å². The third kappa shape index (κ3) is 6.28. The monoisotopic (exact) mass is 343 g/mol. The molecule has 128 valence electrons. The highest BCUT2D eigenvalue weighted by Crippen LogP contribution is 2.19. The molecule has 0 unspecified atom stereocenters. The molecule has 0 saturated carbocycles. The smallest absolute Gasteiger partial charge is 0.220 e. The van der Waals surface area contributed by atoms with E-state index in [1.165, 1.54) is 16.0 Å². The number of hydrogen-bond donors (Lipinski definition) is 1. The summed E-state index contributed by atoms with van der Waals surface area (Å²) >= 11 is 1.70. The van der Waals surface area contributed by atoms with Crippen LogP contribution in [-0.4, -0.2) is 24.8 Å². The average Bonchev–Trinajstić information content (AvgIpc) is 2.55. The molecule has 0 radical (unpaired) electrons. The van der Waals surface area contributed by atoms with Gasteiger partial charge in [0.1, 0.15) is 12.4 Å². The van der Waals surface area contributed by atoms with Crippen LogP contribution >= 0.6 is 11.8 Å². The Morgan fingerprint density at radius 2 is 1.75 bits per heavy atom. The molecule has 0 aliphatic carbocycles. The average molecular weight is 343 g/mol. The predicted octanol–water partition coefficient (Wildman–Crippen LogP) is 4.29. The first kappa shape index (κ1) is 18.4. The van der Waals surface area contributed by atoms with E-state index in [0.29, 0.717) is 19.6 Å². The van der Waals surface area contributed by atoms with Gasteiger partial charge in [-0.15, -0.1) is 11.8 Å². The number of carbonyl (C=O) groups is 1. The van der Waals surface area contributed by atoms with Gasteiger partial charge in [-0.05, 0) is 44.5 Å². The molecule has 0 atom stereocenters. The molecule has 2 aromatic carbocycles. The van der Waals surface area contributed by atoms with Crippen molar-refractivity contribution in [3.8, 4) is 5.75 Å². The molecule has 1 amide bonds. The third-order valence-electron chi connectivity index (χ3n) is 3.63. The van der Waals surface area contributed by atoms with Gasteiger partial charge in [-0.1, -0.05) is 35.4 Å². The molecule has 0 heterocycles. The van der Waals surface area contributed by atoms with Crippen molar-refractivity contribution < 1.29 is 9.53 Å². The van der Waals surface area contributed by atoms with Crippen molar-refractivity contribution in [2.24, 2.45) is 0 Å². The van der Waals surface area contributed by atoms with E-state index in [2.05, 4.69) is 49.5 Å². The van der Waals surface area contributed by atoms with Crippen LogP contribution < -0.4 is 10.1 Å². The van der Waals surface area contributed by atoms with Crippen molar-refractivity contribution in [3.63, 3.8) is 0 Å². The Bertz CT molecular complexity index is 668. The second-order valence-corrected chi connectivity index (χ2v) is 7.05.